The summed E-state index contributed by atoms with van der Waals surface area (Å²) in [6.07, 6.45) is 0.315. The van der Waals surface area contributed by atoms with Crippen molar-refractivity contribution in [2.75, 3.05) is 12.3 Å². The molecule has 0 spiro atoms. The lowest BCUT2D eigenvalue weighted by Gasteiger charge is -2.24. The smallest absolute Gasteiger partial charge is 0.326 e. The molecule has 1 rings (SSSR count). The second kappa shape index (κ2) is 14.7. The van der Waals surface area contributed by atoms with Crippen molar-refractivity contribution < 1.29 is 29.4 Å². The van der Waals surface area contributed by atoms with E-state index in [1.807, 2.05) is 0 Å². The van der Waals surface area contributed by atoms with Crippen LogP contribution in [-0.4, -0.2) is 76.3 Å². The Bertz CT molecular complexity index is 906. The molecule has 0 aromatic heterocycles. The monoisotopic (exact) mass is 511 g/mol. The largest absolute Gasteiger partial charge is 0.508 e. The van der Waals surface area contributed by atoms with E-state index in [0.29, 0.717) is 5.56 Å². The van der Waals surface area contributed by atoms with Crippen LogP contribution < -0.4 is 33.2 Å². The lowest BCUT2D eigenvalue weighted by atomic mass is 10.0. The third-order valence-electron chi connectivity index (χ3n) is 4.80. The maximum atomic E-state index is 13.0. The number of rotatable bonds is 14. The first-order chi connectivity index (χ1) is 16.4. The first-order valence-electron chi connectivity index (χ1n) is 10.8. The topological polar surface area (TPSA) is 235 Å². The molecule has 14 heteroatoms. The molecule has 4 unspecified atom stereocenters. The van der Waals surface area contributed by atoms with Crippen LogP contribution in [-0.2, 0) is 25.6 Å². The highest BCUT2D eigenvalue weighted by atomic mass is 32.1. The highest BCUT2D eigenvalue weighted by Crippen LogP contribution is 2.12. The molecule has 4 atom stereocenters. The van der Waals surface area contributed by atoms with Crippen molar-refractivity contribution in [2.45, 2.75) is 50.4 Å². The number of aromatic hydroxyl groups is 1. The number of guanidine groups is 1. The maximum Gasteiger partial charge on any atom is 0.326 e. The highest BCUT2D eigenvalue weighted by molar-refractivity contribution is 7.80. The Labute approximate surface area is 208 Å². The number of nitrogens with two attached hydrogens (primary N) is 3. The number of thiol groups is 1. The number of phenolic OH excluding ortho intramolecular Hbond substituents is 1. The van der Waals surface area contributed by atoms with Gasteiger partial charge in [-0.2, -0.15) is 12.6 Å². The standard InChI is InChI=1S/C21H33N7O6S/c1-11(22)17(30)28-16(10-35)19(32)27-15(9-12-4-6-13(29)7-5-12)18(31)26-14(20(33)34)3-2-8-25-21(23)24/h4-7,11,14-16,29,35H,2-3,8-10,22H2,1H3,(H,26,31)(H,27,32)(H,28,30)(H,33,34)(H4,23,24,25). The van der Waals surface area contributed by atoms with Crippen molar-refractivity contribution >= 4 is 42.3 Å². The lowest BCUT2D eigenvalue weighted by molar-refractivity contribution is -0.142. The molecule has 1 aromatic rings. The number of nitrogens with one attached hydrogen (secondary N) is 3. The Morgan fingerprint density at radius 1 is 0.971 bits per heavy atom. The molecule has 35 heavy (non-hydrogen) atoms. The highest BCUT2D eigenvalue weighted by Gasteiger charge is 2.29. The van der Waals surface area contributed by atoms with Crippen LogP contribution in [0.3, 0.4) is 0 Å². The van der Waals surface area contributed by atoms with Crippen LogP contribution >= 0.6 is 12.6 Å². The predicted octanol–water partition coefficient (Wildman–Crippen LogP) is -2.20. The summed E-state index contributed by atoms with van der Waals surface area (Å²) in [4.78, 5) is 53.1. The van der Waals surface area contributed by atoms with Crippen molar-refractivity contribution in [2.24, 2.45) is 22.2 Å². The number of phenols is 1. The molecule has 194 valence electrons. The fourth-order valence-electron chi connectivity index (χ4n) is 2.88. The molecule has 11 N–H and O–H groups in total. The second-order valence-electron chi connectivity index (χ2n) is 7.81. The molecule has 0 aliphatic carbocycles. The van der Waals surface area contributed by atoms with Gasteiger partial charge in [0.2, 0.25) is 17.7 Å². The van der Waals surface area contributed by atoms with Crippen LogP contribution in [0.2, 0.25) is 0 Å². The number of nitrogens with zero attached hydrogens (tertiary/aromatic N) is 1. The van der Waals surface area contributed by atoms with Crippen molar-refractivity contribution in [3.05, 3.63) is 29.8 Å². The number of aliphatic carboxylic acids is 1. The van der Waals surface area contributed by atoms with Gasteiger partial charge in [-0.1, -0.05) is 12.1 Å². The van der Waals surface area contributed by atoms with Gasteiger partial charge in [-0.3, -0.25) is 19.4 Å². The summed E-state index contributed by atoms with van der Waals surface area (Å²) in [6, 6.07) is 1.54. The molecule has 0 bridgehead atoms. The average Bonchev–Trinajstić information content (AvgIpc) is 2.79. The van der Waals surface area contributed by atoms with Gasteiger partial charge in [-0.05, 0) is 37.5 Å². The number of carbonyl (C=O) groups excluding carboxylic acids is 3. The molecule has 13 nitrogen and oxygen atoms in total. The van der Waals surface area contributed by atoms with Crippen LogP contribution in [0.15, 0.2) is 29.3 Å². The number of carboxylic acids is 1. The fourth-order valence-corrected chi connectivity index (χ4v) is 3.14. The molecule has 0 radical (unpaired) electrons. The Morgan fingerprint density at radius 2 is 1.51 bits per heavy atom. The number of amides is 3. The van der Waals surface area contributed by atoms with Gasteiger partial charge in [0.1, 0.15) is 23.9 Å². The Hall–Kier alpha value is -3.52. The van der Waals surface area contributed by atoms with E-state index in [-0.39, 0.29) is 43.3 Å². The Morgan fingerprint density at radius 3 is 2.03 bits per heavy atom. The molecule has 0 saturated heterocycles. The van der Waals surface area contributed by atoms with E-state index in [0.717, 1.165) is 0 Å². The number of hydrogen-bond donors (Lipinski definition) is 9. The van der Waals surface area contributed by atoms with Crippen molar-refractivity contribution in [1.29, 1.82) is 0 Å². The van der Waals surface area contributed by atoms with Gasteiger partial charge in [-0.25, -0.2) is 4.79 Å². The van der Waals surface area contributed by atoms with Gasteiger partial charge in [-0.15, -0.1) is 0 Å². The van der Waals surface area contributed by atoms with E-state index in [1.54, 1.807) is 12.1 Å². The van der Waals surface area contributed by atoms with Gasteiger partial charge in [0.05, 0.1) is 6.04 Å². The molecule has 1 aromatic carbocycles. The quantitative estimate of drug-likeness (QED) is 0.0569. The van der Waals surface area contributed by atoms with E-state index >= 15 is 0 Å². The van der Waals surface area contributed by atoms with E-state index in [9.17, 15) is 29.4 Å². The summed E-state index contributed by atoms with van der Waals surface area (Å²) < 4.78 is 0. The van der Waals surface area contributed by atoms with Crippen molar-refractivity contribution in [1.82, 2.24) is 16.0 Å². The number of carbonyl (C=O) groups is 4. The Balaban J connectivity index is 3.02. The molecule has 0 fully saturated rings. The number of aliphatic imine (C=N–C) groups is 1. The summed E-state index contributed by atoms with van der Waals surface area (Å²) in [5.74, 6) is -3.49. The van der Waals surface area contributed by atoms with Gasteiger partial charge in [0.25, 0.3) is 0 Å². The number of benzene rings is 1. The van der Waals surface area contributed by atoms with Crippen molar-refractivity contribution in [3.8, 4) is 5.75 Å². The molecule has 0 aliphatic heterocycles. The first-order valence-corrected chi connectivity index (χ1v) is 11.4. The second-order valence-corrected chi connectivity index (χ2v) is 8.18. The van der Waals surface area contributed by atoms with E-state index in [4.69, 9.17) is 17.2 Å². The third kappa shape index (κ3) is 11.0. The lowest BCUT2D eigenvalue weighted by Crippen LogP contribution is -2.58. The predicted molar refractivity (Wildman–Crippen MR) is 133 cm³/mol. The van der Waals surface area contributed by atoms with E-state index in [1.165, 1.54) is 19.1 Å². The zero-order valence-electron chi connectivity index (χ0n) is 19.3. The number of carboxylic acid groups (broad SMARTS) is 1. The van der Waals surface area contributed by atoms with Crippen LogP contribution in [0.25, 0.3) is 0 Å². The summed E-state index contributed by atoms with van der Waals surface area (Å²) in [5, 5.41) is 26.4. The Kier molecular flexibility index (Phi) is 12.4. The fraction of sp³-hybridized carbons (Fsp3) is 0.476. The average molecular weight is 512 g/mol. The number of hydrogen-bond acceptors (Lipinski definition) is 8. The molecule has 0 saturated carbocycles. The van der Waals surface area contributed by atoms with Crippen LogP contribution in [0, 0.1) is 0 Å². The van der Waals surface area contributed by atoms with Gasteiger partial charge >= 0.3 is 5.97 Å². The van der Waals surface area contributed by atoms with E-state index < -0.39 is 47.9 Å². The third-order valence-corrected chi connectivity index (χ3v) is 5.16. The molecule has 0 aliphatic rings. The summed E-state index contributed by atoms with van der Waals surface area (Å²) in [7, 11) is 0. The summed E-state index contributed by atoms with van der Waals surface area (Å²) in [5.41, 5.74) is 16.6. The minimum absolute atomic E-state index is 0.0132. The van der Waals surface area contributed by atoms with Gasteiger partial charge in [0.15, 0.2) is 5.96 Å². The normalized spacial score (nSPS) is 14.0. The minimum atomic E-state index is -1.27. The van der Waals surface area contributed by atoms with Crippen molar-refractivity contribution in [3.63, 3.8) is 0 Å². The molecular weight excluding hydrogens is 478 g/mol. The van der Waals surface area contributed by atoms with Gasteiger partial charge in [0, 0.05) is 18.7 Å². The van der Waals surface area contributed by atoms with Crippen LogP contribution in [0.5, 0.6) is 5.75 Å². The summed E-state index contributed by atoms with van der Waals surface area (Å²) >= 11 is 4.08. The SMILES string of the molecule is CC(N)C(=O)NC(CS)C(=O)NC(Cc1ccc(O)cc1)C(=O)NC(CCCN=C(N)N)C(=O)O. The first kappa shape index (κ1) is 29.5. The van der Waals surface area contributed by atoms with Crippen LogP contribution in [0.1, 0.15) is 25.3 Å². The zero-order chi connectivity index (χ0) is 26.5. The van der Waals surface area contributed by atoms with Gasteiger partial charge < -0.3 is 43.4 Å². The summed E-state index contributed by atoms with van der Waals surface area (Å²) in [6.45, 7) is 1.63. The molecule has 3 amide bonds. The molecular formula is C21H33N7O6S. The minimum Gasteiger partial charge on any atom is -0.508 e. The van der Waals surface area contributed by atoms with Crippen LogP contribution in [0.4, 0.5) is 0 Å². The zero-order valence-corrected chi connectivity index (χ0v) is 20.2. The molecule has 0 heterocycles. The maximum absolute atomic E-state index is 13.0. The van der Waals surface area contributed by atoms with E-state index in [2.05, 4.69) is 33.6 Å².